The lowest BCUT2D eigenvalue weighted by molar-refractivity contribution is 0.137. The lowest BCUT2D eigenvalue weighted by Gasteiger charge is -2.42. The molecule has 0 fully saturated rings. The Morgan fingerprint density at radius 1 is 0.967 bits per heavy atom. The molecule has 0 bridgehead atoms. The summed E-state index contributed by atoms with van der Waals surface area (Å²) in [7, 11) is 2.24. The number of rotatable bonds is 3. The monoisotopic (exact) mass is 413 g/mol. The van der Waals surface area contributed by atoms with Crippen LogP contribution in [0.3, 0.4) is 0 Å². The zero-order chi connectivity index (χ0) is 20.3. The smallest absolute Gasteiger partial charge is 0.0781 e. The normalized spacial score (nSPS) is 17.7. The van der Waals surface area contributed by atoms with E-state index >= 15 is 0 Å². The van der Waals surface area contributed by atoms with Gasteiger partial charge in [0.1, 0.15) is 0 Å². The molecule has 2 aromatic carbocycles. The van der Waals surface area contributed by atoms with Crippen LogP contribution in [0.1, 0.15) is 16.9 Å². The maximum Gasteiger partial charge on any atom is 0.0781 e. The fourth-order valence-corrected chi connectivity index (χ4v) is 5.49. The first-order valence-electron chi connectivity index (χ1n) is 10.6. The van der Waals surface area contributed by atoms with Crippen LogP contribution >= 0.6 is 11.3 Å². The van der Waals surface area contributed by atoms with Crippen molar-refractivity contribution in [2.75, 3.05) is 39.9 Å². The minimum absolute atomic E-state index is 0.841. The van der Waals surface area contributed by atoms with Crippen LogP contribution in [-0.4, -0.2) is 54.6 Å². The highest BCUT2D eigenvalue weighted by Gasteiger charge is 2.27. The Morgan fingerprint density at radius 2 is 1.77 bits per heavy atom. The highest BCUT2D eigenvalue weighted by Crippen LogP contribution is 2.27. The van der Waals surface area contributed by atoms with E-state index in [2.05, 4.69) is 94.3 Å². The molecule has 4 heteroatoms. The van der Waals surface area contributed by atoms with Crippen molar-refractivity contribution >= 4 is 21.4 Å². The number of fused-ring (bicyclic) bond motifs is 1. The van der Waals surface area contributed by atoms with Gasteiger partial charge in [0.25, 0.3) is 0 Å². The largest absolute Gasteiger partial charge is 0.365 e. The number of thiophene rings is 1. The standard InChI is InChI=1S/C26H27N3S/c1-27-20-29(17-21-8-3-2-4-9-21)19-23-18-28(15-13-25(23)27)14-7-11-24-16-22-10-5-6-12-26(22)30-24/h2-6,8-10,12,16H,13-15,17-20H2,1H3. The summed E-state index contributed by atoms with van der Waals surface area (Å²) in [4.78, 5) is 8.65. The maximum absolute atomic E-state index is 3.43. The van der Waals surface area contributed by atoms with Crippen molar-refractivity contribution in [1.82, 2.24) is 14.7 Å². The Hall–Kier alpha value is -2.58. The third-order valence-electron chi connectivity index (χ3n) is 5.96. The van der Waals surface area contributed by atoms with Crippen LogP contribution in [-0.2, 0) is 6.54 Å². The van der Waals surface area contributed by atoms with Crippen molar-refractivity contribution < 1.29 is 0 Å². The van der Waals surface area contributed by atoms with Gasteiger partial charge in [-0.15, -0.1) is 11.3 Å². The first kappa shape index (κ1) is 19.4. The molecular weight excluding hydrogens is 386 g/mol. The molecule has 3 heterocycles. The Morgan fingerprint density at radius 3 is 2.63 bits per heavy atom. The Labute approximate surface area is 183 Å². The average molecular weight is 414 g/mol. The molecule has 0 saturated carbocycles. The van der Waals surface area contributed by atoms with Gasteiger partial charge in [-0.1, -0.05) is 60.4 Å². The van der Waals surface area contributed by atoms with E-state index in [-0.39, 0.29) is 0 Å². The molecule has 1 aromatic heterocycles. The van der Waals surface area contributed by atoms with Crippen molar-refractivity contribution in [3.05, 3.63) is 82.4 Å². The SMILES string of the molecule is CN1CN(Cc2ccccc2)CC2=C1CCN(CC#Cc1cc3ccccc3s1)C2. The third-order valence-corrected chi connectivity index (χ3v) is 7.00. The zero-order valence-corrected chi connectivity index (χ0v) is 18.3. The van der Waals surface area contributed by atoms with Crippen molar-refractivity contribution in [3.8, 4) is 11.8 Å². The quantitative estimate of drug-likeness (QED) is 0.580. The molecule has 2 aliphatic rings. The van der Waals surface area contributed by atoms with E-state index in [0.717, 1.165) is 45.8 Å². The van der Waals surface area contributed by atoms with Crippen molar-refractivity contribution in [3.63, 3.8) is 0 Å². The second-order valence-corrected chi connectivity index (χ2v) is 9.36. The number of benzene rings is 2. The molecule has 3 nitrogen and oxygen atoms in total. The topological polar surface area (TPSA) is 9.72 Å². The van der Waals surface area contributed by atoms with E-state index < -0.39 is 0 Å². The van der Waals surface area contributed by atoms with Gasteiger partial charge in [-0.3, -0.25) is 9.80 Å². The van der Waals surface area contributed by atoms with Crippen LogP contribution in [0.15, 0.2) is 71.9 Å². The van der Waals surface area contributed by atoms with E-state index in [1.165, 1.54) is 20.5 Å². The van der Waals surface area contributed by atoms with Crippen LogP contribution < -0.4 is 0 Å². The summed E-state index contributed by atoms with van der Waals surface area (Å²) >= 11 is 1.79. The predicted octanol–water partition coefficient (Wildman–Crippen LogP) is 4.62. The lowest BCUT2D eigenvalue weighted by Crippen LogP contribution is -2.47. The summed E-state index contributed by atoms with van der Waals surface area (Å²) < 4.78 is 1.32. The molecule has 5 rings (SSSR count). The second kappa shape index (κ2) is 8.65. The third kappa shape index (κ3) is 4.29. The Balaban J connectivity index is 1.23. The van der Waals surface area contributed by atoms with Gasteiger partial charge in [0.15, 0.2) is 0 Å². The second-order valence-electron chi connectivity index (χ2n) is 8.27. The summed E-state index contributed by atoms with van der Waals surface area (Å²) in [5.74, 6) is 6.82. The van der Waals surface area contributed by atoms with E-state index in [4.69, 9.17) is 0 Å². The van der Waals surface area contributed by atoms with Crippen molar-refractivity contribution in [2.24, 2.45) is 0 Å². The first-order chi connectivity index (χ1) is 14.7. The summed E-state index contributed by atoms with van der Waals surface area (Å²) in [5, 5.41) is 1.29. The van der Waals surface area contributed by atoms with Gasteiger partial charge in [-0.2, -0.15) is 0 Å². The van der Waals surface area contributed by atoms with E-state index in [1.54, 1.807) is 22.6 Å². The van der Waals surface area contributed by atoms with Gasteiger partial charge in [-0.25, -0.2) is 0 Å². The maximum atomic E-state index is 3.43. The van der Waals surface area contributed by atoms with Crippen molar-refractivity contribution in [1.29, 1.82) is 0 Å². The number of hydrogen-bond acceptors (Lipinski definition) is 4. The summed E-state index contributed by atoms with van der Waals surface area (Å²) in [6.07, 6.45) is 1.13. The molecule has 0 amide bonds. The Kier molecular flexibility index (Phi) is 5.59. The number of hydrogen-bond donors (Lipinski definition) is 0. The van der Waals surface area contributed by atoms with Crippen LogP contribution in [0, 0.1) is 11.8 Å². The minimum Gasteiger partial charge on any atom is -0.365 e. The van der Waals surface area contributed by atoms with Crippen molar-refractivity contribution in [2.45, 2.75) is 13.0 Å². The molecule has 0 radical (unpaired) electrons. The lowest BCUT2D eigenvalue weighted by atomic mass is 10.0. The molecule has 0 aliphatic carbocycles. The highest BCUT2D eigenvalue weighted by molar-refractivity contribution is 7.19. The zero-order valence-electron chi connectivity index (χ0n) is 17.5. The Bertz CT molecular complexity index is 1090. The molecule has 2 aliphatic heterocycles. The average Bonchev–Trinajstić information content (AvgIpc) is 3.17. The fourth-order valence-electron chi connectivity index (χ4n) is 4.55. The first-order valence-corrected chi connectivity index (χ1v) is 11.4. The minimum atomic E-state index is 0.841. The van der Waals surface area contributed by atoms with Gasteiger partial charge in [0, 0.05) is 50.0 Å². The molecule has 0 unspecified atom stereocenters. The van der Waals surface area contributed by atoms with Crippen LogP contribution in [0.25, 0.3) is 10.1 Å². The molecule has 0 N–H and O–H groups in total. The highest BCUT2D eigenvalue weighted by atomic mass is 32.1. The van der Waals surface area contributed by atoms with Gasteiger partial charge in [0.2, 0.25) is 0 Å². The summed E-state index contributed by atoms with van der Waals surface area (Å²) in [6.45, 7) is 6.06. The molecule has 0 saturated heterocycles. The summed E-state index contributed by atoms with van der Waals surface area (Å²) in [6, 6.07) is 21.5. The van der Waals surface area contributed by atoms with Gasteiger partial charge < -0.3 is 4.90 Å². The van der Waals surface area contributed by atoms with E-state index in [0.29, 0.717) is 0 Å². The van der Waals surface area contributed by atoms with Crippen LogP contribution in [0.5, 0.6) is 0 Å². The number of nitrogens with zero attached hydrogens (tertiary/aromatic N) is 3. The van der Waals surface area contributed by atoms with E-state index in [1.807, 2.05) is 0 Å². The fraction of sp³-hybridized carbons (Fsp3) is 0.308. The predicted molar refractivity (Wildman–Crippen MR) is 126 cm³/mol. The van der Waals surface area contributed by atoms with Crippen LogP contribution in [0.2, 0.25) is 0 Å². The van der Waals surface area contributed by atoms with Gasteiger partial charge in [0.05, 0.1) is 18.1 Å². The van der Waals surface area contributed by atoms with E-state index in [9.17, 15) is 0 Å². The molecule has 152 valence electrons. The molecule has 3 aromatic rings. The molecular formula is C26H27N3S. The van der Waals surface area contributed by atoms with Gasteiger partial charge in [-0.05, 0) is 28.7 Å². The van der Waals surface area contributed by atoms with Crippen LogP contribution in [0.4, 0.5) is 0 Å². The molecule has 0 atom stereocenters. The molecule has 30 heavy (non-hydrogen) atoms. The summed E-state index contributed by atoms with van der Waals surface area (Å²) in [5.41, 5.74) is 4.50. The van der Waals surface area contributed by atoms with Gasteiger partial charge >= 0.3 is 0 Å². The molecule has 0 spiro atoms.